The van der Waals surface area contributed by atoms with Gasteiger partial charge in [-0.15, -0.1) is 0 Å². The SMILES string of the molecule is CCCNC(c1ccncc1F)c1ncccc1F. The number of rotatable bonds is 5. The zero-order chi connectivity index (χ0) is 13.7. The van der Waals surface area contributed by atoms with Crippen molar-refractivity contribution < 1.29 is 8.78 Å². The topological polar surface area (TPSA) is 37.8 Å². The first kappa shape index (κ1) is 13.5. The quantitative estimate of drug-likeness (QED) is 0.901. The second kappa shape index (κ2) is 6.33. The van der Waals surface area contributed by atoms with Crippen molar-refractivity contribution >= 4 is 0 Å². The van der Waals surface area contributed by atoms with Gasteiger partial charge in [-0.05, 0) is 31.2 Å². The first-order valence-electron chi connectivity index (χ1n) is 6.17. The zero-order valence-corrected chi connectivity index (χ0v) is 10.6. The minimum absolute atomic E-state index is 0.195. The molecule has 2 rings (SSSR count). The van der Waals surface area contributed by atoms with Crippen LogP contribution in [0.5, 0.6) is 0 Å². The van der Waals surface area contributed by atoms with Crippen molar-refractivity contribution in [2.45, 2.75) is 19.4 Å². The summed E-state index contributed by atoms with van der Waals surface area (Å²) in [5.74, 6) is -0.923. The third-order valence-corrected chi connectivity index (χ3v) is 2.77. The number of pyridine rings is 2. The largest absolute Gasteiger partial charge is 0.305 e. The van der Waals surface area contributed by atoms with Gasteiger partial charge in [0.15, 0.2) is 0 Å². The Hall–Kier alpha value is -1.88. The van der Waals surface area contributed by atoms with E-state index in [1.807, 2.05) is 6.92 Å². The van der Waals surface area contributed by atoms with Crippen LogP contribution >= 0.6 is 0 Å². The molecule has 19 heavy (non-hydrogen) atoms. The molecule has 5 heteroatoms. The highest BCUT2D eigenvalue weighted by Gasteiger charge is 2.21. The van der Waals surface area contributed by atoms with Crippen molar-refractivity contribution in [3.05, 3.63) is 59.7 Å². The summed E-state index contributed by atoms with van der Waals surface area (Å²) >= 11 is 0. The monoisotopic (exact) mass is 263 g/mol. The van der Waals surface area contributed by atoms with Crippen LogP contribution in [0.25, 0.3) is 0 Å². The van der Waals surface area contributed by atoms with Gasteiger partial charge in [-0.2, -0.15) is 0 Å². The molecule has 1 atom stereocenters. The van der Waals surface area contributed by atoms with Gasteiger partial charge in [-0.3, -0.25) is 9.97 Å². The van der Waals surface area contributed by atoms with Crippen LogP contribution in [-0.4, -0.2) is 16.5 Å². The molecule has 0 aliphatic heterocycles. The van der Waals surface area contributed by atoms with E-state index in [2.05, 4.69) is 15.3 Å². The van der Waals surface area contributed by atoms with Crippen LogP contribution in [-0.2, 0) is 0 Å². The first-order chi connectivity index (χ1) is 9.24. The van der Waals surface area contributed by atoms with E-state index in [-0.39, 0.29) is 5.69 Å². The van der Waals surface area contributed by atoms with Crippen molar-refractivity contribution in [1.29, 1.82) is 0 Å². The molecule has 0 aromatic carbocycles. The van der Waals surface area contributed by atoms with Gasteiger partial charge in [-0.1, -0.05) is 6.92 Å². The van der Waals surface area contributed by atoms with Crippen LogP contribution in [0.4, 0.5) is 8.78 Å². The number of aromatic nitrogens is 2. The maximum Gasteiger partial charge on any atom is 0.146 e. The van der Waals surface area contributed by atoms with Gasteiger partial charge in [0, 0.05) is 18.0 Å². The molecule has 0 aliphatic carbocycles. The minimum atomic E-state index is -0.607. The standard InChI is InChI=1S/C14H15F2N3/c1-2-6-18-13(10-5-8-17-9-12(10)16)14-11(15)4-3-7-19-14/h3-5,7-9,13,18H,2,6H2,1H3. The molecule has 0 saturated heterocycles. The lowest BCUT2D eigenvalue weighted by Crippen LogP contribution is -2.26. The lowest BCUT2D eigenvalue weighted by molar-refractivity contribution is 0.506. The van der Waals surface area contributed by atoms with Crippen LogP contribution in [0.3, 0.4) is 0 Å². The Morgan fingerprint density at radius 1 is 1.21 bits per heavy atom. The van der Waals surface area contributed by atoms with Gasteiger partial charge in [-0.25, -0.2) is 8.78 Å². The van der Waals surface area contributed by atoms with Gasteiger partial charge < -0.3 is 5.32 Å². The molecule has 1 N–H and O–H groups in total. The van der Waals surface area contributed by atoms with E-state index < -0.39 is 17.7 Å². The fraction of sp³-hybridized carbons (Fsp3) is 0.286. The van der Waals surface area contributed by atoms with E-state index in [9.17, 15) is 8.78 Å². The van der Waals surface area contributed by atoms with Crippen molar-refractivity contribution in [2.24, 2.45) is 0 Å². The highest BCUT2D eigenvalue weighted by Crippen LogP contribution is 2.24. The molecule has 3 nitrogen and oxygen atoms in total. The van der Waals surface area contributed by atoms with Crippen LogP contribution in [0.2, 0.25) is 0 Å². The van der Waals surface area contributed by atoms with E-state index in [1.54, 1.807) is 0 Å². The van der Waals surface area contributed by atoms with E-state index in [1.165, 1.54) is 30.6 Å². The molecule has 0 radical (unpaired) electrons. The Labute approximate surface area is 110 Å². The van der Waals surface area contributed by atoms with Gasteiger partial charge in [0.1, 0.15) is 11.6 Å². The predicted octanol–water partition coefficient (Wildman–Crippen LogP) is 2.84. The number of nitrogens with one attached hydrogen (secondary N) is 1. The van der Waals surface area contributed by atoms with E-state index >= 15 is 0 Å². The third-order valence-electron chi connectivity index (χ3n) is 2.77. The number of hydrogen-bond acceptors (Lipinski definition) is 3. The Kier molecular flexibility index (Phi) is 4.52. The zero-order valence-electron chi connectivity index (χ0n) is 10.6. The number of hydrogen-bond donors (Lipinski definition) is 1. The molecule has 2 heterocycles. The third kappa shape index (κ3) is 3.12. The number of nitrogens with zero attached hydrogens (tertiary/aromatic N) is 2. The van der Waals surface area contributed by atoms with Crippen molar-refractivity contribution in [2.75, 3.05) is 6.54 Å². The molecular weight excluding hydrogens is 248 g/mol. The lowest BCUT2D eigenvalue weighted by atomic mass is 10.0. The summed E-state index contributed by atoms with van der Waals surface area (Å²) in [6, 6.07) is 3.77. The first-order valence-corrected chi connectivity index (χ1v) is 6.17. The van der Waals surface area contributed by atoms with Crippen LogP contribution in [0.1, 0.15) is 30.6 Å². The second-order valence-corrected chi connectivity index (χ2v) is 4.15. The van der Waals surface area contributed by atoms with Gasteiger partial charge in [0.25, 0.3) is 0 Å². The van der Waals surface area contributed by atoms with Crippen LogP contribution < -0.4 is 5.32 Å². The average Bonchev–Trinajstić information content (AvgIpc) is 2.42. The number of halogens is 2. The molecule has 100 valence electrons. The summed E-state index contributed by atoms with van der Waals surface area (Å²) in [6.07, 6.45) is 4.96. The summed E-state index contributed by atoms with van der Waals surface area (Å²) in [4.78, 5) is 7.73. The van der Waals surface area contributed by atoms with Gasteiger partial charge in [0.05, 0.1) is 17.9 Å². The van der Waals surface area contributed by atoms with Crippen LogP contribution in [0, 0.1) is 11.6 Å². The molecule has 0 aliphatic rings. The van der Waals surface area contributed by atoms with Crippen LogP contribution in [0.15, 0.2) is 36.8 Å². The average molecular weight is 263 g/mol. The summed E-state index contributed by atoms with van der Waals surface area (Å²) in [7, 11) is 0. The summed E-state index contributed by atoms with van der Waals surface area (Å²) in [5.41, 5.74) is 0.544. The van der Waals surface area contributed by atoms with Crippen molar-refractivity contribution in [3.63, 3.8) is 0 Å². The Morgan fingerprint density at radius 2 is 2.05 bits per heavy atom. The van der Waals surface area contributed by atoms with Gasteiger partial charge in [0.2, 0.25) is 0 Å². The fourth-order valence-corrected chi connectivity index (χ4v) is 1.87. The summed E-state index contributed by atoms with van der Waals surface area (Å²) in [6.45, 7) is 2.63. The molecule has 2 aromatic rings. The minimum Gasteiger partial charge on any atom is -0.305 e. The molecule has 2 aromatic heterocycles. The normalized spacial score (nSPS) is 12.4. The maximum absolute atomic E-state index is 13.8. The molecule has 0 fully saturated rings. The second-order valence-electron chi connectivity index (χ2n) is 4.15. The predicted molar refractivity (Wildman–Crippen MR) is 68.5 cm³/mol. The van der Waals surface area contributed by atoms with Gasteiger partial charge >= 0.3 is 0 Å². The van der Waals surface area contributed by atoms with E-state index in [4.69, 9.17) is 0 Å². The Balaban J connectivity index is 2.42. The molecular formula is C14H15F2N3. The molecule has 0 bridgehead atoms. The highest BCUT2D eigenvalue weighted by molar-refractivity contribution is 5.27. The van der Waals surface area contributed by atoms with Crippen molar-refractivity contribution in [3.8, 4) is 0 Å². The smallest absolute Gasteiger partial charge is 0.146 e. The molecule has 1 unspecified atom stereocenters. The highest BCUT2D eigenvalue weighted by atomic mass is 19.1. The van der Waals surface area contributed by atoms with E-state index in [0.717, 1.165) is 12.6 Å². The molecule has 0 spiro atoms. The van der Waals surface area contributed by atoms with Crippen molar-refractivity contribution in [1.82, 2.24) is 15.3 Å². The Bertz CT molecular complexity index is 500. The lowest BCUT2D eigenvalue weighted by Gasteiger charge is -2.19. The molecule has 0 saturated carbocycles. The van der Waals surface area contributed by atoms with E-state index in [0.29, 0.717) is 12.1 Å². The summed E-state index contributed by atoms with van der Waals surface area (Å²) in [5, 5.41) is 3.11. The Morgan fingerprint density at radius 3 is 2.74 bits per heavy atom. The molecule has 0 amide bonds. The fourth-order valence-electron chi connectivity index (χ4n) is 1.87. The summed E-state index contributed by atoms with van der Waals surface area (Å²) < 4.78 is 27.7. The maximum atomic E-state index is 13.8.